The van der Waals surface area contributed by atoms with Gasteiger partial charge in [0.15, 0.2) is 0 Å². The monoisotopic (exact) mass is 606 g/mol. The van der Waals surface area contributed by atoms with E-state index < -0.39 is 47.5 Å². The van der Waals surface area contributed by atoms with E-state index in [0.717, 1.165) is 0 Å². The van der Waals surface area contributed by atoms with Gasteiger partial charge in [-0.25, -0.2) is 11.0 Å². The van der Waals surface area contributed by atoms with Crippen molar-refractivity contribution in [1.82, 2.24) is 11.0 Å². The smallest absolute Gasteiger partial charge is 0.545 e. The van der Waals surface area contributed by atoms with Gasteiger partial charge in [0.2, 0.25) is 11.8 Å². The van der Waals surface area contributed by atoms with Gasteiger partial charge in [0.05, 0.1) is 23.8 Å². The van der Waals surface area contributed by atoms with Crippen molar-refractivity contribution in [3.8, 4) is 0 Å². The largest absolute Gasteiger partial charge is 1.00 e. The Hall–Kier alpha value is -2.82. The van der Waals surface area contributed by atoms with Crippen molar-refractivity contribution in [2.24, 2.45) is 11.8 Å². The molecule has 16 heteroatoms. The van der Waals surface area contributed by atoms with E-state index in [2.05, 4.69) is 0 Å². The molecule has 0 saturated carbocycles. The van der Waals surface area contributed by atoms with E-state index in [0.29, 0.717) is 11.1 Å². The fourth-order valence-corrected chi connectivity index (χ4v) is 3.47. The molecule has 2 aromatic rings. The van der Waals surface area contributed by atoms with Crippen LogP contribution in [-0.2, 0) is 32.0 Å². The normalized spacial score (nSPS) is 11.1. The minimum Gasteiger partial charge on any atom is -0.545 e. The van der Waals surface area contributed by atoms with Gasteiger partial charge in [-0.05, 0) is 47.9 Å². The molecule has 0 saturated heterocycles. The number of carbonyl (C=O) groups is 6. The van der Waals surface area contributed by atoms with Crippen LogP contribution in [0.25, 0.3) is 0 Å². The zero-order valence-electron chi connectivity index (χ0n) is 23.1. The van der Waals surface area contributed by atoms with Crippen molar-refractivity contribution in [3.05, 3.63) is 70.8 Å². The van der Waals surface area contributed by atoms with Crippen LogP contribution in [-0.4, -0.2) is 56.3 Å². The zero-order valence-corrected chi connectivity index (χ0v) is 27.1. The van der Waals surface area contributed by atoms with Crippen LogP contribution in [0.4, 0.5) is 0 Å². The van der Waals surface area contributed by atoms with Crippen LogP contribution in [0.5, 0.6) is 0 Å². The molecular weight excluding hydrogens is 578 g/mol. The predicted octanol–water partition coefficient (Wildman–Crippen LogP) is -6.83. The zero-order chi connectivity index (χ0) is 30.2. The fourth-order valence-electron chi connectivity index (χ4n) is 3.47. The summed E-state index contributed by atoms with van der Waals surface area (Å²) >= 11 is 0. The van der Waals surface area contributed by atoms with E-state index >= 15 is 0 Å². The SMILES string of the molecule is O=C(CCC(Cc1ccc(C(=O)[O-])cc1)C(=O)O)NO.O=C(CCC(Cc1ccc(C(=O)[O-])cc1)C(=O)O)NO.[Na+].[Na+]. The first-order valence-corrected chi connectivity index (χ1v) is 11.8. The van der Waals surface area contributed by atoms with Gasteiger partial charge in [-0.1, -0.05) is 48.5 Å². The molecule has 2 amide bonds. The third kappa shape index (κ3) is 16.0. The average molecular weight is 606 g/mol. The number of hydrogen-bond donors (Lipinski definition) is 6. The van der Waals surface area contributed by atoms with Crippen LogP contribution < -0.4 is 80.3 Å². The summed E-state index contributed by atoms with van der Waals surface area (Å²) in [6.45, 7) is 0. The maximum Gasteiger partial charge on any atom is 1.00 e. The first-order chi connectivity index (χ1) is 18.9. The molecule has 2 aromatic carbocycles. The summed E-state index contributed by atoms with van der Waals surface area (Å²) in [4.78, 5) is 65.1. The van der Waals surface area contributed by atoms with Crippen LogP contribution in [0.3, 0.4) is 0 Å². The quantitative estimate of drug-likeness (QED) is 0.0667. The van der Waals surface area contributed by atoms with E-state index in [9.17, 15) is 39.0 Å². The van der Waals surface area contributed by atoms with Gasteiger partial charge in [0.25, 0.3) is 0 Å². The topological polar surface area (TPSA) is 254 Å². The number of aromatic carboxylic acids is 2. The summed E-state index contributed by atoms with van der Waals surface area (Å²) in [5.41, 5.74) is 4.20. The standard InChI is InChI=1S/2C13H15NO6.2Na/c2*15-11(14-20)6-5-10(13(18)19)7-8-1-3-9(4-2-8)12(16)17;;/h2*1-4,10,20H,5-7H2,(H,14,15)(H,16,17)(H,18,19);;/q;;2*+1/p-2. The van der Waals surface area contributed by atoms with Crippen molar-refractivity contribution >= 4 is 35.7 Å². The Morgan fingerprint density at radius 1 is 0.595 bits per heavy atom. The number of carboxylic acids is 4. The number of nitrogens with one attached hydrogen (secondary N) is 2. The van der Waals surface area contributed by atoms with E-state index in [1.165, 1.54) is 59.5 Å². The summed E-state index contributed by atoms with van der Waals surface area (Å²) in [5.74, 6) is -7.59. The molecule has 0 aliphatic rings. The Kier molecular flexibility index (Phi) is 21.5. The molecule has 42 heavy (non-hydrogen) atoms. The molecule has 14 nitrogen and oxygen atoms in total. The summed E-state index contributed by atoms with van der Waals surface area (Å²) in [6.07, 6.45) is 0.270. The van der Waals surface area contributed by atoms with Crippen LogP contribution >= 0.6 is 0 Å². The number of benzene rings is 2. The predicted molar refractivity (Wildman–Crippen MR) is 130 cm³/mol. The second-order valence-electron chi connectivity index (χ2n) is 8.59. The van der Waals surface area contributed by atoms with E-state index in [4.69, 9.17) is 20.6 Å². The minimum atomic E-state index is -1.30. The molecule has 0 spiro atoms. The molecule has 0 fully saturated rings. The third-order valence-corrected chi connectivity index (χ3v) is 5.73. The minimum absolute atomic E-state index is 0. The molecule has 0 heterocycles. The van der Waals surface area contributed by atoms with E-state index in [1.54, 1.807) is 0 Å². The first kappa shape index (κ1) is 41.3. The fraction of sp³-hybridized carbons (Fsp3) is 0.308. The molecule has 0 bridgehead atoms. The summed E-state index contributed by atoms with van der Waals surface area (Å²) in [5, 5.41) is 56.0. The molecule has 0 radical (unpaired) electrons. The van der Waals surface area contributed by atoms with Gasteiger partial charge in [0, 0.05) is 12.8 Å². The Bertz CT molecular complexity index is 1100. The number of rotatable bonds is 14. The Morgan fingerprint density at radius 2 is 0.881 bits per heavy atom. The van der Waals surface area contributed by atoms with Crippen LogP contribution in [0, 0.1) is 11.8 Å². The molecule has 2 atom stereocenters. The second kappa shape index (κ2) is 21.8. The Labute approximate surface area is 284 Å². The van der Waals surface area contributed by atoms with Crippen molar-refractivity contribution in [2.45, 2.75) is 38.5 Å². The maximum absolute atomic E-state index is 11.1. The van der Waals surface area contributed by atoms with Gasteiger partial charge in [-0.3, -0.25) is 29.6 Å². The molecule has 0 aromatic heterocycles. The molecular formula is C26H28N2Na2O12. The molecule has 2 rings (SSSR count). The van der Waals surface area contributed by atoms with Gasteiger partial charge < -0.3 is 30.0 Å². The summed E-state index contributed by atoms with van der Waals surface area (Å²) < 4.78 is 0. The summed E-state index contributed by atoms with van der Waals surface area (Å²) in [6, 6.07) is 11.4. The Morgan fingerprint density at radius 3 is 1.10 bits per heavy atom. The van der Waals surface area contributed by atoms with E-state index in [-0.39, 0.29) is 109 Å². The van der Waals surface area contributed by atoms with Gasteiger partial charge in [0.1, 0.15) is 0 Å². The van der Waals surface area contributed by atoms with Crippen molar-refractivity contribution in [1.29, 1.82) is 0 Å². The maximum atomic E-state index is 11.1. The molecule has 2 unspecified atom stereocenters. The van der Waals surface area contributed by atoms with Crippen LogP contribution in [0.2, 0.25) is 0 Å². The van der Waals surface area contributed by atoms with Gasteiger partial charge in [-0.15, -0.1) is 0 Å². The van der Waals surface area contributed by atoms with Crippen LogP contribution in [0.15, 0.2) is 48.5 Å². The summed E-state index contributed by atoms with van der Waals surface area (Å²) in [7, 11) is 0. The molecule has 0 aliphatic heterocycles. The van der Waals surface area contributed by atoms with E-state index in [1.807, 2.05) is 0 Å². The van der Waals surface area contributed by atoms with Gasteiger partial charge in [-0.2, -0.15) is 0 Å². The molecule has 6 N–H and O–H groups in total. The van der Waals surface area contributed by atoms with Gasteiger partial charge >= 0.3 is 71.1 Å². The first-order valence-electron chi connectivity index (χ1n) is 11.8. The molecule has 216 valence electrons. The van der Waals surface area contributed by atoms with Crippen molar-refractivity contribution < 1.29 is 119 Å². The number of hydrogen-bond acceptors (Lipinski definition) is 10. The van der Waals surface area contributed by atoms with Crippen molar-refractivity contribution in [3.63, 3.8) is 0 Å². The third-order valence-electron chi connectivity index (χ3n) is 5.73. The number of aliphatic carboxylic acids is 2. The average Bonchev–Trinajstić information content (AvgIpc) is 2.93. The van der Waals surface area contributed by atoms with Crippen molar-refractivity contribution in [2.75, 3.05) is 0 Å². The number of carbonyl (C=O) groups excluding carboxylic acids is 4. The molecule has 0 aliphatic carbocycles. The Balaban J connectivity index is 0. The van der Waals surface area contributed by atoms with Crippen LogP contribution in [0.1, 0.15) is 57.5 Å². The number of hydroxylamine groups is 2. The second-order valence-corrected chi connectivity index (χ2v) is 8.59. The number of amides is 2. The number of carboxylic acid groups (broad SMARTS) is 4.